The smallest absolute Gasteiger partial charge is 0.314 e. The molecule has 2 amide bonds. The summed E-state index contributed by atoms with van der Waals surface area (Å²) < 4.78 is 0. The molecule has 1 aromatic rings. The first-order valence-corrected chi connectivity index (χ1v) is 8.49. The first-order valence-electron chi connectivity index (χ1n) is 8.49. The van der Waals surface area contributed by atoms with Crippen LogP contribution in [0.4, 0.5) is 4.79 Å². The molecule has 1 aliphatic rings. The number of carbonyl (C=O) groups is 1. The minimum atomic E-state index is -0.407. The van der Waals surface area contributed by atoms with Gasteiger partial charge < -0.3 is 15.7 Å². The van der Waals surface area contributed by atoms with Crippen LogP contribution in [0.2, 0.25) is 0 Å². The van der Waals surface area contributed by atoms with Crippen LogP contribution in [0.25, 0.3) is 0 Å². The number of benzene rings is 1. The van der Waals surface area contributed by atoms with Crippen LogP contribution >= 0.6 is 0 Å². The van der Waals surface area contributed by atoms with Crippen molar-refractivity contribution in [2.45, 2.75) is 51.0 Å². The number of hydrogen-bond acceptors (Lipinski definition) is 2. The summed E-state index contributed by atoms with van der Waals surface area (Å²) in [7, 11) is 0. The Labute approximate surface area is 133 Å². The summed E-state index contributed by atoms with van der Waals surface area (Å²) in [6.45, 7) is 1.01. The molecule has 0 aromatic heterocycles. The standard InChI is InChI=1S/C18H28N2O2/c21-17(16-11-5-2-6-12-16)14-20-18(22)19-13-7-10-15-8-3-1-4-9-15/h1,3-4,8-9,16-17,21H,2,5-7,10-14H2,(H2,19,20,22)/t17-/m1/s1. The molecule has 0 heterocycles. The lowest BCUT2D eigenvalue weighted by atomic mass is 9.85. The van der Waals surface area contributed by atoms with Gasteiger partial charge in [-0.05, 0) is 37.2 Å². The van der Waals surface area contributed by atoms with E-state index in [4.69, 9.17) is 0 Å². The molecule has 0 aliphatic heterocycles. The summed E-state index contributed by atoms with van der Waals surface area (Å²) in [6.07, 6.45) is 7.33. The van der Waals surface area contributed by atoms with E-state index < -0.39 is 6.10 Å². The Morgan fingerprint density at radius 1 is 1.14 bits per heavy atom. The average Bonchev–Trinajstić information content (AvgIpc) is 2.58. The van der Waals surface area contributed by atoms with Gasteiger partial charge in [-0.1, -0.05) is 49.6 Å². The minimum Gasteiger partial charge on any atom is -0.391 e. The summed E-state index contributed by atoms with van der Waals surface area (Å²) in [6, 6.07) is 10.1. The summed E-state index contributed by atoms with van der Waals surface area (Å²) in [5.41, 5.74) is 1.29. The number of carbonyl (C=O) groups excluding carboxylic acids is 1. The molecule has 0 saturated heterocycles. The molecular weight excluding hydrogens is 276 g/mol. The monoisotopic (exact) mass is 304 g/mol. The molecule has 0 unspecified atom stereocenters. The predicted octanol–water partition coefficient (Wildman–Crippen LogP) is 2.86. The fraction of sp³-hybridized carbons (Fsp3) is 0.611. The molecule has 4 heteroatoms. The second kappa shape index (κ2) is 9.46. The van der Waals surface area contributed by atoms with Crippen LogP contribution in [0, 0.1) is 5.92 Å². The van der Waals surface area contributed by atoms with Crippen molar-refractivity contribution in [1.82, 2.24) is 10.6 Å². The van der Waals surface area contributed by atoms with Gasteiger partial charge in [0.25, 0.3) is 0 Å². The third-order valence-corrected chi connectivity index (χ3v) is 4.44. The lowest BCUT2D eigenvalue weighted by Gasteiger charge is -2.26. The van der Waals surface area contributed by atoms with Crippen molar-refractivity contribution in [3.8, 4) is 0 Å². The third-order valence-electron chi connectivity index (χ3n) is 4.44. The normalized spacial score (nSPS) is 17.0. The highest BCUT2D eigenvalue weighted by Crippen LogP contribution is 2.26. The lowest BCUT2D eigenvalue weighted by molar-refractivity contribution is 0.0858. The van der Waals surface area contributed by atoms with Crippen molar-refractivity contribution in [3.63, 3.8) is 0 Å². The Bertz CT molecular complexity index is 430. The summed E-state index contributed by atoms with van der Waals surface area (Å²) in [5.74, 6) is 0.354. The quantitative estimate of drug-likeness (QED) is 0.678. The Balaban J connectivity index is 1.54. The molecule has 1 fully saturated rings. The second-order valence-corrected chi connectivity index (χ2v) is 6.19. The number of urea groups is 1. The number of rotatable bonds is 7. The first-order chi connectivity index (χ1) is 10.8. The van der Waals surface area contributed by atoms with E-state index >= 15 is 0 Å². The van der Waals surface area contributed by atoms with Crippen molar-refractivity contribution < 1.29 is 9.90 Å². The maximum Gasteiger partial charge on any atom is 0.314 e. The topological polar surface area (TPSA) is 61.4 Å². The maximum absolute atomic E-state index is 11.7. The molecule has 0 radical (unpaired) electrons. The maximum atomic E-state index is 11.7. The fourth-order valence-electron chi connectivity index (χ4n) is 3.08. The molecule has 0 bridgehead atoms. The first kappa shape index (κ1) is 16.8. The van der Waals surface area contributed by atoms with Crippen LogP contribution in [-0.2, 0) is 6.42 Å². The van der Waals surface area contributed by atoms with Gasteiger partial charge in [0.2, 0.25) is 0 Å². The van der Waals surface area contributed by atoms with Gasteiger partial charge in [0.05, 0.1) is 6.10 Å². The number of aliphatic hydroxyl groups is 1. The van der Waals surface area contributed by atoms with E-state index in [9.17, 15) is 9.90 Å². The van der Waals surface area contributed by atoms with Gasteiger partial charge in [-0.15, -0.1) is 0 Å². The number of hydrogen-bond donors (Lipinski definition) is 3. The molecule has 1 atom stereocenters. The highest BCUT2D eigenvalue weighted by Gasteiger charge is 2.21. The highest BCUT2D eigenvalue weighted by molar-refractivity contribution is 5.73. The number of nitrogens with one attached hydrogen (secondary N) is 2. The van der Waals surface area contributed by atoms with Gasteiger partial charge in [0, 0.05) is 13.1 Å². The molecule has 1 aromatic carbocycles. The van der Waals surface area contributed by atoms with Gasteiger partial charge in [-0.3, -0.25) is 0 Å². The van der Waals surface area contributed by atoms with Gasteiger partial charge in [0.1, 0.15) is 0 Å². The van der Waals surface area contributed by atoms with E-state index in [1.165, 1.54) is 24.8 Å². The van der Waals surface area contributed by atoms with Crippen LogP contribution in [0.5, 0.6) is 0 Å². The molecule has 3 N–H and O–H groups in total. The molecule has 122 valence electrons. The van der Waals surface area contributed by atoms with Crippen molar-refractivity contribution in [3.05, 3.63) is 35.9 Å². The zero-order valence-electron chi connectivity index (χ0n) is 13.3. The molecule has 1 aliphatic carbocycles. The average molecular weight is 304 g/mol. The third kappa shape index (κ3) is 6.06. The molecule has 22 heavy (non-hydrogen) atoms. The van der Waals surface area contributed by atoms with Crippen molar-refractivity contribution in [2.24, 2.45) is 5.92 Å². The molecule has 4 nitrogen and oxygen atoms in total. The number of aliphatic hydroxyl groups excluding tert-OH is 1. The van der Waals surface area contributed by atoms with Gasteiger partial charge in [0.15, 0.2) is 0 Å². The lowest BCUT2D eigenvalue weighted by Crippen LogP contribution is -2.42. The second-order valence-electron chi connectivity index (χ2n) is 6.19. The zero-order chi connectivity index (χ0) is 15.6. The Kier molecular flexibility index (Phi) is 7.23. The Hall–Kier alpha value is -1.55. The molecule has 2 rings (SSSR count). The summed E-state index contributed by atoms with van der Waals surface area (Å²) >= 11 is 0. The number of amides is 2. The van der Waals surface area contributed by atoms with E-state index in [2.05, 4.69) is 22.8 Å². The van der Waals surface area contributed by atoms with Crippen molar-refractivity contribution in [1.29, 1.82) is 0 Å². The van der Waals surface area contributed by atoms with E-state index in [0.29, 0.717) is 19.0 Å². The predicted molar refractivity (Wildman–Crippen MR) is 88.7 cm³/mol. The van der Waals surface area contributed by atoms with Gasteiger partial charge in [-0.25, -0.2) is 4.79 Å². The van der Waals surface area contributed by atoms with Crippen LogP contribution in [-0.4, -0.2) is 30.3 Å². The van der Waals surface area contributed by atoms with Crippen LogP contribution in [0.1, 0.15) is 44.1 Å². The SMILES string of the molecule is O=C(NCCCc1ccccc1)NC[C@@H](O)C1CCCCC1. The van der Waals surface area contributed by atoms with E-state index in [0.717, 1.165) is 25.7 Å². The zero-order valence-corrected chi connectivity index (χ0v) is 13.3. The van der Waals surface area contributed by atoms with E-state index in [1.54, 1.807) is 0 Å². The van der Waals surface area contributed by atoms with Crippen molar-refractivity contribution >= 4 is 6.03 Å². The fourth-order valence-corrected chi connectivity index (χ4v) is 3.08. The molecular formula is C18H28N2O2. The summed E-state index contributed by atoms with van der Waals surface area (Å²) in [4.78, 5) is 11.7. The van der Waals surface area contributed by atoms with Crippen LogP contribution in [0.3, 0.4) is 0 Å². The van der Waals surface area contributed by atoms with E-state index in [1.807, 2.05) is 18.2 Å². The summed E-state index contributed by atoms with van der Waals surface area (Å²) in [5, 5.41) is 15.7. The van der Waals surface area contributed by atoms with Crippen LogP contribution < -0.4 is 10.6 Å². The highest BCUT2D eigenvalue weighted by atomic mass is 16.3. The minimum absolute atomic E-state index is 0.178. The largest absolute Gasteiger partial charge is 0.391 e. The Morgan fingerprint density at radius 2 is 1.86 bits per heavy atom. The van der Waals surface area contributed by atoms with Crippen LogP contribution in [0.15, 0.2) is 30.3 Å². The van der Waals surface area contributed by atoms with Gasteiger partial charge >= 0.3 is 6.03 Å². The Morgan fingerprint density at radius 3 is 2.59 bits per heavy atom. The van der Waals surface area contributed by atoms with E-state index in [-0.39, 0.29) is 6.03 Å². The number of aryl methyl sites for hydroxylation is 1. The van der Waals surface area contributed by atoms with Crippen molar-refractivity contribution in [2.75, 3.05) is 13.1 Å². The van der Waals surface area contributed by atoms with Gasteiger partial charge in [-0.2, -0.15) is 0 Å². The molecule has 1 saturated carbocycles. The molecule has 0 spiro atoms.